The van der Waals surface area contributed by atoms with Crippen LogP contribution in [-0.4, -0.2) is 29.8 Å². The fourth-order valence-electron chi connectivity index (χ4n) is 6.54. The van der Waals surface area contributed by atoms with Gasteiger partial charge in [0.2, 0.25) is 5.78 Å². The van der Waals surface area contributed by atoms with Gasteiger partial charge in [-0.2, -0.15) is 0 Å². The van der Waals surface area contributed by atoms with Crippen molar-refractivity contribution in [1.29, 1.82) is 0 Å². The Morgan fingerprint density at radius 3 is 2.74 bits per heavy atom. The lowest BCUT2D eigenvalue weighted by Crippen LogP contribution is -2.60. The van der Waals surface area contributed by atoms with Gasteiger partial charge in [-0.25, -0.2) is 4.79 Å². The van der Waals surface area contributed by atoms with E-state index in [0.717, 1.165) is 16.9 Å². The maximum atomic E-state index is 14.1. The highest BCUT2D eigenvalue weighted by Crippen LogP contribution is 2.66. The number of esters is 2. The van der Waals surface area contributed by atoms with Crippen molar-refractivity contribution >= 4 is 29.1 Å². The number of furan rings is 1. The Morgan fingerprint density at radius 1 is 1.29 bits per heavy atom. The number of Topliss-reactive ketones (excluding diaryl/α,β-unsaturated/α-hetero) is 1. The quantitative estimate of drug-likeness (QED) is 0.552. The molecule has 9 heteroatoms. The number of methoxy groups -OCH3 is 1. The largest absolute Gasteiger partial charge is 0.490 e. The van der Waals surface area contributed by atoms with Gasteiger partial charge < -0.3 is 18.6 Å². The van der Waals surface area contributed by atoms with Gasteiger partial charge in [-0.15, -0.1) is 11.3 Å². The fourth-order valence-corrected chi connectivity index (χ4v) is 7.03. The average Bonchev–Trinajstić information content (AvgIpc) is 3.54. The lowest BCUT2D eigenvalue weighted by molar-refractivity contribution is -0.174. The molecule has 0 aromatic carbocycles. The van der Waals surface area contributed by atoms with Crippen LogP contribution in [0.1, 0.15) is 54.4 Å². The minimum absolute atomic E-state index is 0.0949. The van der Waals surface area contributed by atoms with E-state index in [4.69, 9.17) is 18.6 Å². The molecule has 2 aromatic heterocycles. The number of carbonyl (C=O) groups is 3. The Kier molecular flexibility index (Phi) is 5.70. The number of thiazole rings is 1. The first-order chi connectivity index (χ1) is 16.7. The van der Waals surface area contributed by atoms with E-state index in [-0.39, 0.29) is 28.4 Å². The molecule has 0 spiro atoms. The number of carbonyl (C=O) groups excluding carboxylic acids is 3. The van der Waals surface area contributed by atoms with Crippen LogP contribution in [0.4, 0.5) is 0 Å². The van der Waals surface area contributed by atoms with Crippen molar-refractivity contribution < 1.29 is 33.0 Å². The zero-order valence-electron chi connectivity index (χ0n) is 19.8. The number of nitrogens with zero attached hydrogens (tertiary/aromatic N) is 1. The second-order valence-corrected chi connectivity index (χ2v) is 10.9. The monoisotopic (exact) mass is 497 g/mol. The Morgan fingerprint density at radius 2 is 2.09 bits per heavy atom. The van der Waals surface area contributed by atoms with E-state index < -0.39 is 34.6 Å². The van der Waals surface area contributed by atoms with Crippen LogP contribution >= 0.6 is 11.3 Å². The van der Waals surface area contributed by atoms with Crippen molar-refractivity contribution in [3.63, 3.8) is 0 Å². The van der Waals surface area contributed by atoms with Crippen LogP contribution in [0.5, 0.6) is 0 Å². The van der Waals surface area contributed by atoms with Crippen LogP contribution < -0.4 is 0 Å². The molecule has 3 aliphatic rings. The highest BCUT2D eigenvalue weighted by molar-refractivity contribution is 7.11. The lowest BCUT2D eigenvalue weighted by Gasteiger charge is -2.60. The smallest absolute Gasteiger partial charge is 0.355 e. The third-order valence-corrected chi connectivity index (χ3v) is 8.89. The van der Waals surface area contributed by atoms with E-state index in [9.17, 15) is 14.4 Å². The van der Waals surface area contributed by atoms with Crippen molar-refractivity contribution in [2.24, 2.45) is 28.6 Å². The third-order valence-electron chi connectivity index (χ3n) is 8.13. The predicted octanol–water partition coefficient (Wildman–Crippen LogP) is 4.86. The molecule has 35 heavy (non-hydrogen) atoms. The lowest BCUT2D eigenvalue weighted by atomic mass is 9.44. The van der Waals surface area contributed by atoms with Crippen molar-refractivity contribution in [2.75, 3.05) is 7.11 Å². The first kappa shape index (κ1) is 23.5. The number of hydrogen-bond acceptors (Lipinski definition) is 9. The van der Waals surface area contributed by atoms with Gasteiger partial charge in [0.1, 0.15) is 11.0 Å². The molecule has 2 fully saturated rings. The summed E-state index contributed by atoms with van der Waals surface area (Å²) in [5.41, 5.74) is 1.04. The van der Waals surface area contributed by atoms with Gasteiger partial charge >= 0.3 is 11.9 Å². The van der Waals surface area contributed by atoms with E-state index in [2.05, 4.69) is 18.5 Å². The average molecular weight is 498 g/mol. The highest BCUT2D eigenvalue weighted by atomic mass is 32.1. The number of allylic oxidation sites excluding steroid dienone is 2. The summed E-state index contributed by atoms with van der Waals surface area (Å²) in [5, 5.41) is 0. The van der Waals surface area contributed by atoms with Gasteiger partial charge in [0, 0.05) is 17.4 Å². The number of ketones is 1. The van der Waals surface area contributed by atoms with Crippen molar-refractivity contribution in [3.8, 4) is 0 Å². The summed E-state index contributed by atoms with van der Waals surface area (Å²) in [7, 11) is 1.33. The molecule has 0 N–H and O–H groups in total. The molecule has 2 aliphatic carbocycles. The van der Waals surface area contributed by atoms with Crippen molar-refractivity contribution in [1.82, 2.24) is 4.98 Å². The van der Waals surface area contributed by atoms with Gasteiger partial charge in [-0.1, -0.05) is 20.4 Å². The summed E-state index contributed by atoms with van der Waals surface area (Å²) in [6.07, 6.45) is 7.55. The van der Waals surface area contributed by atoms with Crippen LogP contribution in [0, 0.1) is 28.6 Å². The third kappa shape index (κ3) is 3.64. The van der Waals surface area contributed by atoms with Crippen LogP contribution in [-0.2, 0) is 23.8 Å². The molecule has 0 unspecified atom stereocenters. The Bertz CT molecular complexity index is 1200. The zero-order valence-corrected chi connectivity index (χ0v) is 20.6. The normalized spacial score (nSPS) is 34.2. The molecule has 1 saturated carbocycles. The Balaban J connectivity index is 1.58. The second-order valence-electron chi connectivity index (χ2n) is 10.0. The molecule has 0 radical (unpaired) electrons. The number of rotatable bonds is 4. The summed E-state index contributed by atoms with van der Waals surface area (Å²) in [5.74, 6) is -2.41. The number of ether oxygens (including phenoxy) is 3. The van der Waals surface area contributed by atoms with Crippen LogP contribution in [0.3, 0.4) is 0 Å². The molecule has 6 atom stereocenters. The van der Waals surface area contributed by atoms with E-state index in [1.165, 1.54) is 24.9 Å². The number of hydrogen-bond donors (Lipinski definition) is 0. The Labute approximate surface area is 207 Å². The maximum Gasteiger partial charge on any atom is 0.355 e. The van der Waals surface area contributed by atoms with Gasteiger partial charge in [0.15, 0.2) is 5.76 Å². The molecular formula is C26H27NO7S. The van der Waals surface area contributed by atoms with Crippen molar-refractivity contribution in [3.05, 3.63) is 64.9 Å². The summed E-state index contributed by atoms with van der Waals surface area (Å²) < 4.78 is 22.2. The number of aromatic nitrogens is 1. The molecule has 8 nitrogen and oxygen atoms in total. The molecular weight excluding hydrogens is 470 g/mol. The molecule has 5 rings (SSSR count). The molecule has 1 aliphatic heterocycles. The summed E-state index contributed by atoms with van der Waals surface area (Å²) in [4.78, 5) is 44.0. The zero-order chi connectivity index (χ0) is 25.0. The molecule has 184 valence electrons. The van der Waals surface area contributed by atoms with Crippen molar-refractivity contribution in [2.45, 2.75) is 39.2 Å². The first-order valence-electron chi connectivity index (χ1n) is 11.5. The predicted molar refractivity (Wildman–Crippen MR) is 125 cm³/mol. The van der Waals surface area contributed by atoms with Gasteiger partial charge in [-0.05, 0) is 42.2 Å². The SMILES string of the molecule is C=C1O[C@H](c2ccoc2)C[C@]2(C)[C@H]3C(=O)C(OC(=O)c4cncs4)=C[C@@H](C(=O)OC)[C@]3(C)CC[C@@H]12. The molecule has 0 bridgehead atoms. The topological polar surface area (TPSA) is 105 Å². The van der Waals surface area contributed by atoms with Gasteiger partial charge in [0.05, 0.1) is 43.0 Å². The maximum absolute atomic E-state index is 14.1. The Hall–Kier alpha value is -3.20. The summed E-state index contributed by atoms with van der Waals surface area (Å²) in [6, 6.07) is 1.84. The van der Waals surface area contributed by atoms with Crippen LogP contribution in [0.25, 0.3) is 0 Å². The highest BCUT2D eigenvalue weighted by Gasteiger charge is 2.65. The first-order valence-corrected chi connectivity index (χ1v) is 12.4. The van der Waals surface area contributed by atoms with E-state index in [0.29, 0.717) is 25.0 Å². The molecule has 3 heterocycles. The number of fused-ring (bicyclic) bond motifs is 3. The molecule has 0 amide bonds. The minimum Gasteiger partial charge on any atom is -0.490 e. The van der Waals surface area contributed by atoms with E-state index >= 15 is 0 Å². The standard InChI is InChI=1S/C26H27NO7S/c1-14-16-5-7-25(2)17(23(29)31-4)9-18(34-24(30)20-11-27-13-35-20)21(28)22(25)26(16,3)10-19(33-14)15-6-8-32-12-15/h6,8-9,11-13,16-17,19,22H,1,5,7,10H2,2-4H3/t16-,17-,19-,22-,25-,26-/m0/s1. The van der Waals surface area contributed by atoms with E-state index in [1.807, 2.05) is 13.0 Å². The van der Waals surface area contributed by atoms with Crippen LogP contribution in [0.15, 0.2) is 58.9 Å². The van der Waals surface area contributed by atoms with E-state index in [1.54, 1.807) is 12.5 Å². The summed E-state index contributed by atoms with van der Waals surface area (Å²) >= 11 is 1.12. The second kappa shape index (κ2) is 8.48. The minimum atomic E-state index is -0.749. The van der Waals surface area contributed by atoms with Gasteiger partial charge in [-0.3, -0.25) is 14.6 Å². The summed E-state index contributed by atoms with van der Waals surface area (Å²) in [6.45, 7) is 8.22. The fraction of sp³-hybridized carbons (Fsp3) is 0.462. The molecule has 2 aromatic rings. The van der Waals surface area contributed by atoms with Gasteiger partial charge in [0.25, 0.3) is 0 Å². The molecule has 1 saturated heterocycles. The van der Waals surface area contributed by atoms with Crippen LogP contribution in [0.2, 0.25) is 0 Å².